The van der Waals surface area contributed by atoms with Crippen molar-refractivity contribution < 1.29 is 28.7 Å². The zero-order chi connectivity index (χ0) is 27.9. The lowest BCUT2D eigenvalue weighted by Gasteiger charge is -2.22. The number of carbonyl (C=O) groups is 5. The number of ether oxygens (including phenoxy) is 1. The first-order valence-corrected chi connectivity index (χ1v) is 12.5. The van der Waals surface area contributed by atoms with Gasteiger partial charge in [0.15, 0.2) is 5.78 Å². The molecule has 0 saturated heterocycles. The van der Waals surface area contributed by atoms with Crippen molar-refractivity contribution in [1.29, 1.82) is 0 Å². The maximum absolute atomic E-state index is 12.7. The van der Waals surface area contributed by atoms with Crippen molar-refractivity contribution in [2.75, 3.05) is 19.7 Å². The number of carbonyl (C=O) groups excluding carboxylic acids is 5. The van der Waals surface area contributed by atoms with E-state index in [4.69, 9.17) is 10.5 Å². The van der Waals surface area contributed by atoms with E-state index in [1.165, 1.54) is 0 Å². The van der Waals surface area contributed by atoms with Crippen molar-refractivity contribution in [3.63, 3.8) is 0 Å². The average Bonchev–Trinajstić information content (AvgIpc) is 2.90. The molecule has 2 aromatic rings. The van der Waals surface area contributed by atoms with E-state index in [1.54, 1.807) is 30.3 Å². The van der Waals surface area contributed by atoms with Gasteiger partial charge in [-0.3, -0.25) is 19.2 Å². The number of nitrogens with one attached hydrogen (secondary N) is 3. The maximum Gasteiger partial charge on any atom is 0.338 e. The van der Waals surface area contributed by atoms with Crippen molar-refractivity contribution >= 4 is 29.5 Å². The molecule has 0 fully saturated rings. The van der Waals surface area contributed by atoms with E-state index in [9.17, 15) is 24.0 Å². The summed E-state index contributed by atoms with van der Waals surface area (Å²) in [5, 5.41) is 7.74. The van der Waals surface area contributed by atoms with E-state index < -0.39 is 42.4 Å². The molecule has 0 heterocycles. The van der Waals surface area contributed by atoms with Crippen LogP contribution in [-0.4, -0.2) is 61.3 Å². The summed E-state index contributed by atoms with van der Waals surface area (Å²) in [6.07, 6.45) is 0.663. The highest BCUT2D eigenvalue weighted by molar-refractivity contribution is 5.93. The van der Waals surface area contributed by atoms with Crippen molar-refractivity contribution in [1.82, 2.24) is 16.0 Å². The monoisotopic (exact) mass is 524 g/mol. The molecule has 10 heteroatoms. The molecule has 10 nitrogen and oxygen atoms in total. The Morgan fingerprint density at radius 3 is 2.13 bits per heavy atom. The van der Waals surface area contributed by atoms with Gasteiger partial charge in [-0.15, -0.1) is 0 Å². The summed E-state index contributed by atoms with van der Waals surface area (Å²) in [6, 6.07) is 15.9. The van der Waals surface area contributed by atoms with Gasteiger partial charge in [0.25, 0.3) is 0 Å². The van der Waals surface area contributed by atoms with Gasteiger partial charge in [-0.25, -0.2) is 4.79 Å². The number of nitrogens with two attached hydrogens (primary N) is 1. The van der Waals surface area contributed by atoms with Crippen LogP contribution in [0.1, 0.15) is 42.6 Å². The second-order valence-electron chi connectivity index (χ2n) is 9.29. The highest BCUT2D eigenvalue weighted by Gasteiger charge is 2.25. The molecule has 2 atom stereocenters. The fourth-order valence-electron chi connectivity index (χ4n) is 3.51. The van der Waals surface area contributed by atoms with Gasteiger partial charge in [0.1, 0.15) is 12.6 Å². The van der Waals surface area contributed by atoms with Gasteiger partial charge in [0.2, 0.25) is 17.7 Å². The summed E-state index contributed by atoms with van der Waals surface area (Å²) < 4.78 is 4.96. The van der Waals surface area contributed by atoms with Gasteiger partial charge in [-0.2, -0.15) is 0 Å². The highest BCUT2D eigenvalue weighted by Crippen LogP contribution is 2.07. The maximum atomic E-state index is 12.7. The molecule has 0 aliphatic heterocycles. The molecule has 0 aliphatic carbocycles. The quantitative estimate of drug-likeness (QED) is 0.255. The summed E-state index contributed by atoms with van der Waals surface area (Å²) in [6.45, 7) is 3.13. The molecule has 0 saturated carbocycles. The normalized spacial score (nSPS) is 12.2. The van der Waals surface area contributed by atoms with Crippen LogP contribution in [0.25, 0.3) is 0 Å². The Kier molecular flexibility index (Phi) is 12.7. The lowest BCUT2D eigenvalue weighted by atomic mass is 10.0. The van der Waals surface area contributed by atoms with Crippen LogP contribution in [0.5, 0.6) is 0 Å². The van der Waals surface area contributed by atoms with Crippen LogP contribution in [0.4, 0.5) is 0 Å². The van der Waals surface area contributed by atoms with Crippen molar-refractivity contribution in [3.8, 4) is 0 Å². The summed E-state index contributed by atoms with van der Waals surface area (Å²) in [5.74, 6) is -2.31. The summed E-state index contributed by atoms with van der Waals surface area (Å²) >= 11 is 0. The Morgan fingerprint density at radius 1 is 0.868 bits per heavy atom. The minimum atomic E-state index is -0.849. The van der Waals surface area contributed by atoms with E-state index in [1.807, 2.05) is 44.2 Å². The van der Waals surface area contributed by atoms with E-state index in [2.05, 4.69) is 16.0 Å². The van der Waals surface area contributed by atoms with Crippen LogP contribution in [0.3, 0.4) is 0 Å². The number of ketones is 1. The SMILES string of the molecule is CC(C)C[C@H](NC(=O)[C@@H](N)Cc1ccccc1)C(=O)NCC(=O)NCCC(=O)COC(=O)c1ccccc1. The Labute approximate surface area is 222 Å². The molecule has 0 aromatic heterocycles. The van der Waals surface area contributed by atoms with Crippen molar-refractivity contribution in [2.24, 2.45) is 11.7 Å². The fraction of sp³-hybridized carbons (Fsp3) is 0.393. The predicted octanol–water partition coefficient (Wildman–Crippen LogP) is 1.14. The Morgan fingerprint density at radius 2 is 1.50 bits per heavy atom. The van der Waals surface area contributed by atoms with Crippen LogP contribution in [0, 0.1) is 5.92 Å². The van der Waals surface area contributed by atoms with E-state index in [0.29, 0.717) is 18.4 Å². The summed E-state index contributed by atoms with van der Waals surface area (Å²) in [5.41, 5.74) is 7.28. The first-order chi connectivity index (χ1) is 18.2. The Hall–Kier alpha value is -4.05. The van der Waals surface area contributed by atoms with E-state index in [-0.39, 0.29) is 31.2 Å². The molecule has 0 unspecified atom stereocenters. The molecule has 0 aliphatic rings. The predicted molar refractivity (Wildman–Crippen MR) is 142 cm³/mol. The molecule has 38 heavy (non-hydrogen) atoms. The minimum Gasteiger partial charge on any atom is -0.454 e. The van der Waals surface area contributed by atoms with Gasteiger partial charge < -0.3 is 26.4 Å². The molecular weight excluding hydrogens is 488 g/mol. The Bertz CT molecular complexity index is 1080. The van der Waals surface area contributed by atoms with Gasteiger partial charge in [0.05, 0.1) is 18.2 Å². The molecule has 5 N–H and O–H groups in total. The Balaban J connectivity index is 1.72. The van der Waals surface area contributed by atoms with Gasteiger partial charge in [0, 0.05) is 13.0 Å². The molecule has 0 radical (unpaired) electrons. The number of Topliss-reactive ketones (excluding diaryl/α,β-unsaturated/α-hetero) is 1. The average molecular weight is 525 g/mol. The van der Waals surface area contributed by atoms with Gasteiger partial charge in [-0.05, 0) is 36.5 Å². The number of rotatable bonds is 15. The molecular formula is C28H36N4O6. The van der Waals surface area contributed by atoms with Crippen LogP contribution in [0.15, 0.2) is 60.7 Å². The summed E-state index contributed by atoms with van der Waals surface area (Å²) in [7, 11) is 0. The minimum absolute atomic E-state index is 0.0247. The smallest absolute Gasteiger partial charge is 0.338 e. The number of benzene rings is 2. The number of amides is 3. The number of hydrogen-bond acceptors (Lipinski definition) is 7. The van der Waals surface area contributed by atoms with Crippen LogP contribution in [-0.2, 0) is 30.3 Å². The van der Waals surface area contributed by atoms with Crippen molar-refractivity contribution in [2.45, 2.75) is 45.2 Å². The third-order valence-electron chi connectivity index (χ3n) is 5.50. The summed E-state index contributed by atoms with van der Waals surface area (Å²) in [4.78, 5) is 61.2. The zero-order valence-corrected chi connectivity index (χ0v) is 21.8. The first kappa shape index (κ1) is 30.2. The number of hydrogen-bond donors (Lipinski definition) is 4. The molecule has 2 rings (SSSR count). The van der Waals surface area contributed by atoms with Gasteiger partial charge >= 0.3 is 5.97 Å². The zero-order valence-electron chi connectivity index (χ0n) is 21.8. The third-order valence-corrected chi connectivity index (χ3v) is 5.50. The highest BCUT2D eigenvalue weighted by atomic mass is 16.5. The number of esters is 1. The molecule has 0 spiro atoms. The first-order valence-electron chi connectivity index (χ1n) is 12.5. The second-order valence-corrected chi connectivity index (χ2v) is 9.29. The van der Waals surface area contributed by atoms with Crippen LogP contribution >= 0.6 is 0 Å². The second kappa shape index (κ2) is 15.9. The third kappa shape index (κ3) is 11.3. The lowest BCUT2D eigenvalue weighted by Crippen LogP contribution is -2.53. The lowest BCUT2D eigenvalue weighted by molar-refractivity contribution is -0.131. The molecule has 204 valence electrons. The standard InChI is InChI=1S/C28H36N4O6/c1-19(2)15-24(32-26(35)23(29)16-20-9-5-3-6-10-20)27(36)31-17-25(34)30-14-13-22(33)18-38-28(37)21-11-7-4-8-12-21/h3-12,19,23-24H,13-18,29H2,1-2H3,(H,30,34)(H,31,36)(H,32,35)/t23-,24-/m0/s1. The van der Waals surface area contributed by atoms with Gasteiger partial charge in [-0.1, -0.05) is 62.4 Å². The fourth-order valence-corrected chi connectivity index (χ4v) is 3.51. The van der Waals surface area contributed by atoms with E-state index in [0.717, 1.165) is 5.56 Å². The van der Waals surface area contributed by atoms with E-state index >= 15 is 0 Å². The molecule has 0 bridgehead atoms. The molecule has 2 aromatic carbocycles. The molecule has 3 amide bonds. The van der Waals surface area contributed by atoms with Crippen LogP contribution < -0.4 is 21.7 Å². The van der Waals surface area contributed by atoms with Crippen molar-refractivity contribution in [3.05, 3.63) is 71.8 Å². The largest absolute Gasteiger partial charge is 0.454 e. The topological polar surface area (TPSA) is 157 Å². The van der Waals surface area contributed by atoms with Crippen LogP contribution in [0.2, 0.25) is 0 Å².